The lowest BCUT2D eigenvalue weighted by Crippen LogP contribution is -2.45. The molecule has 0 aliphatic heterocycles. The van der Waals surface area contributed by atoms with E-state index >= 15 is 0 Å². The average molecular weight is 236 g/mol. The molecule has 1 aromatic heterocycles. The van der Waals surface area contributed by atoms with E-state index in [1.54, 1.807) is 18.5 Å². The van der Waals surface area contributed by atoms with Gasteiger partial charge in [-0.1, -0.05) is 19.3 Å². The molecule has 0 bridgehead atoms. The van der Waals surface area contributed by atoms with E-state index in [1.807, 2.05) is 0 Å². The van der Waals surface area contributed by atoms with Crippen LogP contribution in [-0.4, -0.2) is 26.9 Å². The van der Waals surface area contributed by atoms with Gasteiger partial charge in [0.2, 0.25) is 0 Å². The molecule has 2 rings (SSSR count). The van der Waals surface area contributed by atoms with Crippen LogP contribution in [0.15, 0.2) is 18.5 Å². The Hall–Kier alpha value is -1.13. The summed E-state index contributed by atoms with van der Waals surface area (Å²) in [6.45, 7) is 0. The van der Waals surface area contributed by atoms with E-state index in [0.717, 1.165) is 24.8 Å². The van der Waals surface area contributed by atoms with Crippen LogP contribution < -0.4 is 5.73 Å². The molecule has 4 N–H and O–H groups in total. The molecule has 0 radical (unpaired) electrons. The van der Waals surface area contributed by atoms with Gasteiger partial charge in [0.15, 0.2) is 0 Å². The van der Waals surface area contributed by atoms with Crippen LogP contribution in [0.1, 0.15) is 37.7 Å². The lowest BCUT2D eigenvalue weighted by molar-refractivity contribution is -0.0960. The number of rotatable bonds is 3. The number of aliphatic hydroxyl groups excluding tert-OH is 1. The van der Waals surface area contributed by atoms with Crippen LogP contribution >= 0.6 is 0 Å². The molecule has 1 fully saturated rings. The van der Waals surface area contributed by atoms with Gasteiger partial charge in [-0.3, -0.25) is 4.98 Å². The second kappa shape index (κ2) is 5.02. The predicted octanol–water partition coefficient (Wildman–Crippen LogP) is 1.26. The standard InChI is InChI=1S/C13H20N2O2/c14-11-4-7-15-9-10(11)8-12(16)13(17)5-2-1-3-6-13/h4,7,9,12,16-17H,1-3,5-6,8H2,(H2,14,15). The van der Waals surface area contributed by atoms with Crippen molar-refractivity contribution in [1.82, 2.24) is 4.98 Å². The predicted molar refractivity (Wildman–Crippen MR) is 66.4 cm³/mol. The molecule has 4 heteroatoms. The number of hydrogen-bond donors (Lipinski definition) is 3. The van der Waals surface area contributed by atoms with E-state index in [9.17, 15) is 10.2 Å². The fourth-order valence-corrected chi connectivity index (χ4v) is 2.50. The van der Waals surface area contributed by atoms with Crippen molar-refractivity contribution in [3.05, 3.63) is 24.0 Å². The Labute approximate surface area is 101 Å². The number of nitrogens with zero attached hydrogens (tertiary/aromatic N) is 1. The van der Waals surface area contributed by atoms with Gasteiger partial charge >= 0.3 is 0 Å². The largest absolute Gasteiger partial charge is 0.398 e. The summed E-state index contributed by atoms with van der Waals surface area (Å²) in [4.78, 5) is 3.99. The molecule has 1 atom stereocenters. The minimum atomic E-state index is -0.944. The van der Waals surface area contributed by atoms with Crippen LogP contribution in [0, 0.1) is 0 Å². The van der Waals surface area contributed by atoms with Crippen molar-refractivity contribution < 1.29 is 10.2 Å². The summed E-state index contributed by atoms with van der Waals surface area (Å²) in [7, 11) is 0. The molecular weight excluding hydrogens is 216 g/mol. The van der Waals surface area contributed by atoms with E-state index in [4.69, 9.17) is 5.73 Å². The number of nitrogen functional groups attached to an aromatic ring is 1. The number of aliphatic hydroxyl groups is 2. The quantitative estimate of drug-likeness (QED) is 0.738. The summed E-state index contributed by atoms with van der Waals surface area (Å²) < 4.78 is 0. The second-order valence-corrected chi connectivity index (χ2v) is 4.96. The maximum atomic E-state index is 10.4. The number of hydrogen-bond acceptors (Lipinski definition) is 4. The van der Waals surface area contributed by atoms with E-state index in [1.165, 1.54) is 0 Å². The van der Waals surface area contributed by atoms with E-state index in [0.29, 0.717) is 24.9 Å². The highest BCUT2D eigenvalue weighted by Gasteiger charge is 2.36. The third-order valence-corrected chi connectivity index (χ3v) is 3.69. The molecule has 0 saturated heterocycles. The molecular formula is C13H20N2O2. The topological polar surface area (TPSA) is 79.4 Å². The van der Waals surface area contributed by atoms with Crippen LogP contribution in [0.3, 0.4) is 0 Å². The fourth-order valence-electron chi connectivity index (χ4n) is 2.50. The van der Waals surface area contributed by atoms with Gasteiger partial charge in [-0.25, -0.2) is 0 Å². The first-order chi connectivity index (χ1) is 8.12. The van der Waals surface area contributed by atoms with Crippen molar-refractivity contribution in [2.45, 2.75) is 50.2 Å². The first-order valence-corrected chi connectivity index (χ1v) is 6.21. The summed E-state index contributed by atoms with van der Waals surface area (Å²) in [5.74, 6) is 0. The normalized spacial score (nSPS) is 21.1. The maximum Gasteiger partial charge on any atom is 0.0908 e. The van der Waals surface area contributed by atoms with Gasteiger partial charge in [0.25, 0.3) is 0 Å². The molecule has 1 unspecified atom stereocenters. The zero-order valence-electron chi connectivity index (χ0n) is 9.97. The minimum absolute atomic E-state index is 0.371. The summed E-state index contributed by atoms with van der Waals surface area (Å²) in [6.07, 6.45) is 7.36. The molecule has 1 aliphatic carbocycles. The molecule has 0 spiro atoms. The van der Waals surface area contributed by atoms with Crippen molar-refractivity contribution in [2.75, 3.05) is 5.73 Å². The van der Waals surface area contributed by atoms with Crippen molar-refractivity contribution in [3.8, 4) is 0 Å². The lowest BCUT2D eigenvalue weighted by atomic mass is 9.79. The van der Waals surface area contributed by atoms with Gasteiger partial charge in [-0.2, -0.15) is 0 Å². The Bertz CT molecular complexity index is 375. The first-order valence-electron chi connectivity index (χ1n) is 6.21. The molecule has 0 aromatic carbocycles. The smallest absolute Gasteiger partial charge is 0.0908 e. The Morgan fingerprint density at radius 2 is 2.06 bits per heavy atom. The van der Waals surface area contributed by atoms with Crippen LogP contribution in [0.4, 0.5) is 5.69 Å². The summed E-state index contributed by atoms with van der Waals surface area (Å²) in [6, 6.07) is 1.72. The van der Waals surface area contributed by atoms with Crippen molar-refractivity contribution in [2.24, 2.45) is 0 Å². The van der Waals surface area contributed by atoms with Crippen molar-refractivity contribution in [3.63, 3.8) is 0 Å². The first kappa shape index (κ1) is 12.3. The Morgan fingerprint density at radius 1 is 1.35 bits per heavy atom. The summed E-state index contributed by atoms with van der Waals surface area (Å²) in [5, 5.41) is 20.6. The van der Waals surface area contributed by atoms with E-state index < -0.39 is 11.7 Å². The van der Waals surface area contributed by atoms with Gasteiger partial charge in [-0.05, 0) is 24.5 Å². The molecule has 1 saturated carbocycles. The monoisotopic (exact) mass is 236 g/mol. The third kappa shape index (κ3) is 2.76. The SMILES string of the molecule is Nc1ccncc1CC(O)C1(O)CCCCC1. The fraction of sp³-hybridized carbons (Fsp3) is 0.615. The van der Waals surface area contributed by atoms with Crippen LogP contribution in [0.2, 0.25) is 0 Å². The zero-order valence-corrected chi connectivity index (χ0v) is 9.97. The molecule has 0 amide bonds. The van der Waals surface area contributed by atoms with Crippen LogP contribution in [0.5, 0.6) is 0 Å². The van der Waals surface area contributed by atoms with Gasteiger partial charge in [-0.15, -0.1) is 0 Å². The summed E-state index contributed by atoms with van der Waals surface area (Å²) in [5.41, 5.74) is 6.29. The molecule has 4 nitrogen and oxygen atoms in total. The Balaban J connectivity index is 2.05. The Morgan fingerprint density at radius 3 is 2.71 bits per heavy atom. The molecule has 94 valence electrons. The van der Waals surface area contributed by atoms with E-state index in [2.05, 4.69) is 4.98 Å². The van der Waals surface area contributed by atoms with Gasteiger partial charge in [0.1, 0.15) is 0 Å². The number of anilines is 1. The van der Waals surface area contributed by atoms with Crippen molar-refractivity contribution >= 4 is 5.69 Å². The zero-order chi connectivity index (χ0) is 12.3. The highest BCUT2D eigenvalue weighted by molar-refractivity contribution is 5.44. The minimum Gasteiger partial charge on any atom is -0.398 e. The lowest BCUT2D eigenvalue weighted by Gasteiger charge is -2.36. The number of aromatic nitrogens is 1. The number of nitrogens with two attached hydrogens (primary N) is 1. The highest BCUT2D eigenvalue weighted by atomic mass is 16.3. The molecule has 17 heavy (non-hydrogen) atoms. The third-order valence-electron chi connectivity index (χ3n) is 3.69. The second-order valence-electron chi connectivity index (χ2n) is 4.96. The van der Waals surface area contributed by atoms with Crippen LogP contribution in [0.25, 0.3) is 0 Å². The molecule has 1 aromatic rings. The van der Waals surface area contributed by atoms with Gasteiger partial charge in [0.05, 0.1) is 11.7 Å². The molecule has 1 aliphatic rings. The average Bonchev–Trinajstić information content (AvgIpc) is 2.33. The Kier molecular flexibility index (Phi) is 3.64. The van der Waals surface area contributed by atoms with Crippen molar-refractivity contribution in [1.29, 1.82) is 0 Å². The maximum absolute atomic E-state index is 10.4. The number of pyridine rings is 1. The van der Waals surface area contributed by atoms with E-state index in [-0.39, 0.29) is 0 Å². The highest BCUT2D eigenvalue weighted by Crippen LogP contribution is 2.32. The van der Waals surface area contributed by atoms with Gasteiger partial charge < -0.3 is 15.9 Å². The molecule has 1 heterocycles. The summed E-state index contributed by atoms with van der Waals surface area (Å²) >= 11 is 0. The van der Waals surface area contributed by atoms with Crippen LogP contribution in [-0.2, 0) is 6.42 Å². The van der Waals surface area contributed by atoms with Gasteiger partial charge in [0, 0.05) is 24.5 Å².